The molecular formula is C12H9BrINO3. The minimum absolute atomic E-state index is 0.222. The fraction of sp³-hybridized carbons (Fsp3) is 0.0833. The minimum atomic E-state index is -0.961. The molecular weight excluding hydrogens is 413 g/mol. The first-order chi connectivity index (χ1) is 8.51. The lowest BCUT2D eigenvalue weighted by Gasteiger charge is -2.09. The van der Waals surface area contributed by atoms with Gasteiger partial charge in [-0.2, -0.15) is 0 Å². The number of carboxylic acids is 1. The van der Waals surface area contributed by atoms with E-state index < -0.39 is 5.97 Å². The second-order valence-electron chi connectivity index (χ2n) is 3.57. The van der Waals surface area contributed by atoms with Crippen molar-refractivity contribution in [2.24, 2.45) is 0 Å². The Balaban J connectivity index is 2.61. The molecule has 1 aromatic heterocycles. The molecule has 1 N–H and O–H groups in total. The molecule has 94 valence electrons. The van der Waals surface area contributed by atoms with Gasteiger partial charge in [-0.1, -0.05) is 15.9 Å². The first kappa shape index (κ1) is 13.4. The first-order valence-corrected chi connectivity index (χ1v) is 6.84. The summed E-state index contributed by atoms with van der Waals surface area (Å²) in [4.78, 5) is 11.2. The molecule has 0 spiro atoms. The molecule has 1 heterocycles. The standard InChI is InChI=1S/C12H9BrINO3/c1-18-10-3-7(13)2-9(5-10)15-6-8(14)4-11(15)12(16)17/h2-6H,1H3,(H,16,17). The number of benzene rings is 1. The van der Waals surface area contributed by atoms with Crippen molar-refractivity contribution in [3.63, 3.8) is 0 Å². The highest BCUT2D eigenvalue weighted by atomic mass is 127. The maximum Gasteiger partial charge on any atom is 0.352 e. The molecule has 4 nitrogen and oxygen atoms in total. The molecule has 2 rings (SSSR count). The zero-order chi connectivity index (χ0) is 13.3. The third-order valence-corrected chi connectivity index (χ3v) is 3.42. The number of methoxy groups -OCH3 is 1. The number of carboxylic acid groups (broad SMARTS) is 1. The van der Waals surface area contributed by atoms with E-state index in [9.17, 15) is 4.79 Å². The van der Waals surface area contributed by atoms with E-state index in [4.69, 9.17) is 9.84 Å². The van der Waals surface area contributed by atoms with Crippen LogP contribution >= 0.6 is 38.5 Å². The molecule has 18 heavy (non-hydrogen) atoms. The largest absolute Gasteiger partial charge is 0.497 e. The van der Waals surface area contributed by atoms with Gasteiger partial charge in [-0.15, -0.1) is 0 Å². The highest BCUT2D eigenvalue weighted by Gasteiger charge is 2.13. The van der Waals surface area contributed by atoms with Crippen molar-refractivity contribution in [1.29, 1.82) is 0 Å². The third kappa shape index (κ3) is 2.69. The highest BCUT2D eigenvalue weighted by Crippen LogP contribution is 2.26. The van der Waals surface area contributed by atoms with E-state index in [2.05, 4.69) is 38.5 Å². The average molecular weight is 422 g/mol. The van der Waals surface area contributed by atoms with E-state index in [1.54, 1.807) is 30.0 Å². The van der Waals surface area contributed by atoms with Crippen LogP contribution in [0, 0.1) is 3.57 Å². The first-order valence-electron chi connectivity index (χ1n) is 4.97. The van der Waals surface area contributed by atoms with Crippen LogP contribution in [-0.4, -0.2) is 22.8 Å². The van der Waals surface area contributed by atoms with Crippen molar-refractivity contribution in [1.82, 2.24) is 4.57 Å². The maximum absolute atomic E-state index is 11.2. The topological polar surface area (TPSA) is 51.5 Å². The molecule has 0 saturated carbocycles. The number of ether oxygens (including phenoxy) is 1. The van der Waals surface area contributed by atoms with Gasteiger partial charge in [-0.05, 0) is 40.8 Å². The van der Waals surface area contributed by atoms with Crippen LogP contribution in [0.25, 0.3) is 5.69 Å². The van der Waals surface area contributed by atoms with Crippen molar-refractivity contribution < 1.29 is 14.6 Å². The number of nitrogens with zero attached hydrogens (tertiary/aromatic N) is 1. The lowest BCUT2D eigenvalue weighted by atomic mass is 10.3. The van der Waals surface area contributed by atoms with E-state index in [1.165, 1.54) is 0 Å². The lowest BCUT2D eigenvalue weighted by molar-refractivity contribution is 0.0688. The maximum atomic E-state index is 11.2. The summed E-state index contributed by atoms with van der Waals surface area (Å²) in [6.45, 7) is 0. The van der Waals surface area contributed by atoms with E-state index in [1.807, 2.05) is 12.1 Å². The zero-order valence-electron chi connectivity index (χ0n) is 9.35. The van der Waals surface area contributed by atoms with Crippen molar-refractivity contribution in [3.05, 3.63) is 44.2 Å². The Kier molecular flexibility index (Phi) is 3.96. The van der Waals surface area contributed by atoms with Gasteiger partial charge in [0, 0.05) is 20.3 Å². The normalized spacial score (nSPS) is 10.4. The monoisotopic (exact) mass is 421 g/mol. The molecule has 0 aliphatic rings. The number of hydrogen-bond donors (Lipinski definition) is 1. The third-order valence-electron chi connectivity index (χ3n) is 2.38. The minimum Gasteiger partial charge on any atom is -0.497 e. The Labute approximate surface area is 126 Å². The fourth-order valence-electron chi connectivity index (χ4n) is 1.61. The van der Waals surface area contributed by atoms with Crippen LogP contribution in [0.2, 0.25) is 0 Å². The number of carbonyl (C=O) groups is 1. The van der Waals surface area contributed by atoms with Crippen LogP contribution in [0.4, 0.5) is 0 Å². The van der Waals surface area contributed by atoms with Crippen LogP contribution in [-0.2, 0) is 0 Å². The predicted molar refractivity (Wildman–Crippen MR) is 79.7 cm³/mol. The van der Waals surface area contributed by atoms with Crippen molar-refractivity contribution in [2.45, 2.75) is 0 Å². The zero-order valence-corrected chi connectivity index (χ0v) is 13.1. The molecule has 0 amide bonds. The van der Waals surface area contributed by atoms with Crippen LogP contribution < -0.4 is 4.74 Å². The van der Waals surface area contributed by atoms with Crippen LogP contribution in [0.5, 0.6) is 5.75 Å². The van der Waals surface area contributed by atoms with E-state index in [-0.39, 0.29) is 5.69 Å². The van der Waals surface area contributed by atoms with Gasteiger partial charge in [0.05, 0.1) is 12.8 Å². The summed E-state index contributed by atoms with van der Waals surface area (Å²) in [5, 5.41) is 9.17. The van der Waals surface area contributed by atoms with Gasteiger partial charge in [-0.3, -0.25) is 0 Å². The van der Waals surface area contributed by atoms with Crippen LogP contribution in [0.3, 0.4) is 0 Å². The SMILES string of the molecule is COc1cc(Br)cc(-n2cc(I)cc2C(=O)O)c1. The lowest BCUT2D eigenvalue weighted by Crippen LogP contribution is -2.05. The number of aromatic carboxylic acids is 1. The van der Waals surface area contributed by atoms with E-state index in [0.29, 0.717) is 5.75 Å². The summed E-state index contributed by atoms with van der Waals surface area (Å²) in [5.41, 5.74) is 0.959. The second-order valence-corrected chi connectivity index (χ2v) is 5.73. The molecule has 6 heteroatoms. The molecule has 0 unspecified atom stereocenters. The molecule has 0 bridgehead atoms. The Hall–Kier alpha value is -1.02. The summed E-state index contributed by atoms with van der Waals surface area (Å²) in [7, 11) is 1.57. The summed E-state index contributed by atoms with van der Waals surface area (Å²) >= 11 is 5.46. The van der Waals surface area contributed by atoms with Crippen LogP contribution in [0.15, 0.2) is 34.9 Å². The smallest absolute Gasteiger partial charge is 0.352 e. The van der Waals surface area contributed by atoms with E-state index >= 15 is 0 Å². The number of rotatable bonds is 3. The van der Waals surface area contributed by atoms with Crippen LogP contribution in [0.1, 0.15) is 10.5 Å². The number of halogens is 2. The Morgan fingerprint density at radius 2 is 2.11 bits per heavy atom. The number of hydrogen-bond acceptors (Lipinski definition) is 2. The molecule has 2 aromatic rings. The van der Waals surface area contributed by atoms with Crippen molar-refractivity contribution in [3.8, 4) is 11.4 Å². The summed E-state index contributed by atoms with van der Waals surface area (Å²) in [6, 6.07) is 7.06. The molecule has 1 aromatic carbocycles. The second kappa shape index (κ2) is 5.31. The van der Waals surface area contributed by atoms with Gasteiger partial charge < -0.3 is 14.4 Å². The van der Waals surface area contributed by atoms with Crippen molar-refractivity contribution >= 4 is 44.5 Å². The molecule has 0 atom stereocenters. The summed E-state index contributed by atoms with van der Waals surface area (Å²) in [6.07, 6.45) is 1.77. The average Bonchev–Trinajstić information content (AvgIpc) is 2.70. The highest BCUT2D eigenvalue weighted by molar-refractivity contribution is 14.1. The fourth-order valence-corrected chi connectivity index (χ4v) is 2.65. The number of aromatic nitrogens is 1. The Bertz CT molecular complexity index is 609. The van der Waals surface area contributed by atoms with Gasteiger partial charge in [-0.25, -0.2) is 4.79 Å². The van der Waals surface area contributed by atoms with Gasteiger partial charge >= 0.3 is 5.97 Å². The van der Waals surface area contributed by atoms with Gasteiger partial charge in [0.1, 0.15) is 11.4 Å². The van der Waals surface area contributed by atoms with Gasteiger partial charge in [0.25, 0.3) is 0 Å². The summed E-state index contributed by atoms with van der Waals surface area (Å²) in [5.74, 6) is -0.295. The molecule has 0 aliphatic carbocycles. The quantitative estimate of drug-likeness (QED) is 0.771. The van der Waals surface area contributed by atoms with Gasteiger partial charge in [0.2, 0.25) is 0 Å². The Morgan fingerprint density at radius 3 is 2.72 bits per heavy atom. The molecule has 0 radical (unpaired) electrons. The molecule has 0 aliphatic heterocycles. The van der Waals surface area contributed by atoms with Gasteiger partial charge in [0.15, 0.2) is 0 Å². The summed E-state index contributed by atoms with van der Waals surface area (Å²) < 4.78 is 8.49. The molecule has 0 fully saturated rings. The Morgan fingerprint density at radius 1 is 1.39 bits per heavy atom. The predicted octanol–water partition coefficient (Wildman–Crippen LogP) is 3.55. The van der Waals surface area contributed by atoms with E-state index in [0.717, 1.165) is 13.7 Å². The van der Waals surface area contributed by atoms with Crippen molar-refractivity contribution in [2.75, 3.05) is 7.11 Å². The molecule has 0 saturated heterocycles.